The van der Waals surface area contributed by atoms with Gasteiger partial charge in [0.2, 0.25) is 0 Å². The van der Waals surface area contributed by atoms with Crippen LogP contribution in [0.1, 0.15) is 44.9 Å². The van der Waals surface area contributed by atoms with Crippen molar-refractivity contribution in [2.45, 2.75) is 51.0 Å². The van der Waals surface area contributed by atoms with Crippen molar-refractivity contribution in [3.63, 3.8) is 0 Å². The smallest absolute Gasteiger partial charge is 0.0615 e. The maximum Gasteiger partial charge on any atom is 0.0615 e. The van der Waals surface area contributed by atoms with E-state index < -0.39 is 0 Å². The second kappa shape index (κ2) is 7.89. The van der Waals surface area contributed by atoms with E-state index in [9.17, 15) is 0 Å². The Morgan fingerprint density at radius 1 is 1.27 bits per heavy atom. The van der Waals surface area contributed by atoms with Crippen LogP contribution >= 0.6 is 0 Å². The molecule has 2 N–H and O–H groups in total. The quantitative estimate of drug-likeness (QED) is 0.495. The van der Waals surface area contributed by atoms with E-state index in [-0.39, 0.29) is 0 Å². The average Bonchev–Trinajstić information content (AvgIpc) is 2.70. The van der Waals surface area contributed by atoms with Crippen molar-refractivity contribution < 1.29 is 4.74 Å². The third-order valence-electron chi connectivity index (χ3n) is 3.28. The number of nitrogens with two attached hydrogens (primary N) is 1. The molecule has 1 aliphatic rings. The van der Waals surface area contributed by atoms with E-state index in [0.29, 0.717) is 12.0 Å². The molecule has 2 nitrogen and oxygen atoms in total. The Labute approximate surface area is 93.9 Å². The van der Waals surface area contributed by atoms with E-state index in [1.807, 2.05) is 6.08 Å². The van der Waals surface area contributed by atoms with Gasteiger partial charge >= 0.3 is 0 Å². The monoisotopic (exact) mass is 211 g/mol. The molecule has 0 heterocycles. The topological polar surface area (TPSA) is 35.2 Å². The lowest BCUT2D eigenvalue weighted by Crippen LogP contribution is -2.25. The van der Waals surface area contributed by atoms with Crippen LogP contribution in [-0.2, 0) is 4.74 Å². The van der Waals surface area contributed by atoms with Crippen molar-refractivity contribution in [2.75, 3.05) is 13.2 Å². The van der Waals surface area contributed by atoms with Crippen LogP contribution in [0.5, 0.6) is 0 Å². The summed E-state index contributed by atoms with van der Waals surface area (Å²) in [5.41, 5.74) is 5.70. The Morgan fingerprint density at radius 3 is 2.87 bits per heavy atom. The summed E-state index contributed by atoms with van der Waals surface area (Å²) in [6.45, 7) is 5.43. The highest BCUT2D eigenvalue weighted by atomic mass is 16.5. The molecule has 2 unspecified atom stereocenters. The molecule has 1 aliphatic carbocycles. The summed E-state index contributed by atoms with van der Waals surface area (Å²) in [4.78, 5) is 0. The maximum absolute atomic E-state index is 5.88. The second-order valence-corrected chi connectivity index (χ2v) is 4.47. The molecule has 0 aromatic carbocycles. The molecular weight excluding hydrogens is 186 g/mol. The lowest BCUT2D eigenvalue weighted by molar-refractivity contribution is 0.0279. The lowest BCUT2D eigenvalue weighted by atomic mass is 10.1. The zero-order chi connectivity index (χ0) is 10.9. The highest BCUT2D eigenvalue weighted by molar-refractivity contribution is 4.78. The number of ether oxygens (including phenoxy) is 1. The van der Waals surface area contributed by atoms with Crippen LogP contribution in [-0.4, -0.2) is 19.3 Å². The maximum atomic E-state index is 5.88. The molecule has 1 fully saturated rings. The molecule has 2 heteroatoms. The van der Waals surface area contributed by atoms with Gasteiger partial charge in [0.25, 0.3) is 0 Å². The first-order valence-corrected chi connectivity index (χ1v) is 6.31. The highest BCUT2D eigenvalue weighted by Gasteiger charge is 2.26. The average molecular weight is 211 g/mol. The minimum atomic E-state index is 0.453. The zero-order valence-electron chi connectivity index (χ0n) is 9.79. The third kappa shape index (κ3) is 4.80. The van der Waals surface area contributed by atoms with Crippen molar-refractivity contribution in [3.8, 4) is 0 Å². The van der Waals surface area contributed by atoms with Gasteiger partial charge < -0.3 is 10.5 Å². The van der Waals surface area contributed by atoms with Crippen LogP contribution in [0, 0.1) is 5.92 Å². The molecule has 1 saturated carbocycles. The number of hydrogen-bond donors (Lipinski definition) is 1. The van der Waals surface area contributed by atoms with E-state index in [1.54, 1.807) is 0 Å². The van der Waals surface area contributed by atoms with E-state index in [0.717, 1.165) is 19.6 Å². The Kier molecular flexibility index (Phi) is 6.69. The van der Waals surface area contributed by atoms with E-state index in [2.05, 4.69) is 6.58 Å². The summed E-state index contributed by atoms with van der Waals surface area (Å²) in [5.74, 6) is 0.623. The van der Waals surface area contributed by atoms with Gasteiger partial charge in [-0.1, -0.05) is 18.9 Å². The van der Waals surface area contributed by atoms with Crippen molar-refractivity contribution >= 4 is 0 Å². The second-order valence-electron chi connectivity index (χ2n) is 4.47. The molecule has 0 bridgehead atoms. The first-order chi connectivity index (χ1) is 7.38. The van der Waals surface area contributed by atoms with Gasteiger partial charge in [0.1, 0.15) is 0 Å². The fourth-order valence-corrected chi connectivity index (χ4v) is 2.29. The molecular formula is C13H25NO. The van der Waals surface area contributed by atoms with Gasteiger partial charge in [0.15, 0.2) is 0 Å². The van der Waals surface area contributed by atoms with Crippen molar-refractivity contribution in [1.29, 1.82) is 0 Å². The molecule has 0 aromatic heterocycles. The molecule has 0 spiro atoms. The molecule has 0 saturated heterocycles. The van der Waals surface area contributed by atoms with Gasteiger partial charge in [0.05, 0.1) is 6.10 Å². The normalized spacial score (nSPS) is 25.7. The van der Waals surface area contributed by atoms with Gasteiger partial charge in [-0.05, 0) is 44.6 Å². The number of unbranched alkanes of at least 4 members (excludes halogenated alkanes) is 3. The summed E-state index contributed by atoms with van der Waals surface area (Å²) < 4.78 is 5.88. The highest BCUT2D eigenvalue weighted by Crippen LogP contribution is 2.27. The van der Waals surface area contributed by atoms with E-state index in [1.165, 1.54) is 38.5 Å². The van der Waals surface area contributed by atoms with Crippen LogP contribution in [0.15, 0.2) is 12.7 Å². The number of allylic oxidation sites excluding steroid dienone is 1. The number of hydrogen-bond acceptors (Lipinski definition) is 2. The van der Waals surface area contributed by atoms with Gasteiger partial charge in [0, 0.05) is 6.61 Å². The third-order valence-corrected chi connectivity index (χ3v) is 3.28. The van der Waals surface area contributed by atoms with Crippen LogP contribution in [0.2, 0.25) is 0 Å². The predicted molar refractivity (Wildman–Crippen MR) is 64.8 cm³/mol. The summed E-state index contributed by atoms with van der Waals surface area (Å²) in [5, 5.41) is 0. The minimum absolute atomic E-state index is 0.453. The first kappa shape index (κ1) is 12.7. The molecule has 0 aromatic rings. The lowest BCUT2D eigenvalue weighted by Gasteiger charge is -2.18. The van der Waals surface area contributed by atoms with Crippen LogP contribution < -0.4 is 5.73 Å². The SMILES string of the molecule is C=CCCCCCOC1CCCC1CN. The summed E-state index contributed by atoms with van der Waals surface area (Å²) in [6.07, 6.45) is 11.0. The molecule has 1 rings (SSSR count). The Morgan fingerprint density at radius 2 is 2.13 bits per heavy atom. The van der Waals surface area contributed by atoms with Gasteiger partial charge in [-0.15, -0.1) is 6.58 Å². The molecule has 15 heavy (non-hydrogen) atoms. The van der Waals surface area contributed by atoms with Crippen LogP contribution in [0.3, 0.4) is 0 Å². The molecule has 2 atom stereocenters. The minimum Gasteiger partial charge on any atom is -0.378 e. The van der Waals surface area contributed by atoms with Gasteiger partial charge in [-0.3, -0.25) is 0 Å². The largest absolute Gasteiger partial charge is 0.378 e. The summed E-state index contributed by atoms with van der Waals surface area (Å²) >= 11 is 0. The first-order valence-electron chi connectivity index (χ1n) is 6.31. The fourth-order valence-electron chi connectivity index (χ4n) is 2.29. The van der Waals surface area contributed by atoms with E-state index >= 15 is 0 Å². The zero-order valence-corrected chi connectivity index (χ0v) is 9.79. The molecule has 88 valence electrons. The standard InChI is InChI=1S/C13H25NO/c1-2-3-4-5-6-10-15-13-9-7-8-12(13)11-14/h2,12-13H,1,3-11,14H2. The summed E-state index contributed by atoms with van der Waals surface area (Å²) in [6, 6.07) is 0. The van der Waals surface area contributed by atoms with Crippen LogP contribution in [0.4, 0.5) is 0 Å². The number of rotatable bonds is 8. The molecule has 0 aliphatic heterocycles. The van der Waals surface area contributed by atoms with Gasteiger partial charge in [-0.25, -0.2) is 0 Å². The Hall–Kier alpha value is -0.340. The summed E-state index contributed by atoms with van der Waals surface area (Å²) in [7, 11) is 0. The van der Waals surface area contributed by atoms with Crippen LogP contribution in [0.25, 0.3) is 0 Å². The molecule has 0 radical (unpaired) electrons. The van der Waals surface area contributed by atoms with Crippen molar-refractivity contribution in [1.82, 2.24) is 0 Å². The van der Waals surface area contributed by atoms with E-state index in [4.69, 9.17) is 10.5 Å². The Balaban J connectivity index is 1.97. The molecule has 0 amide bonds. The fraction of sp³-hybridized carbons (Fsp3) is 0.846. The predicted octanol–water partition coefficient (Wildman–Crippen LogP) is 2.88. The van der Waals surface area contributed by atoms with Crippen molar-refractivity contribution in [3.05, 3.63) is 12.7 Å². The van der Waals surface area contributed by atoms with Gasteiger partial charge in [-0.2, -0.15) is 0 Å². The Bertz CT molecular complexity index is 170. The van der Waals surface area contributed by atoms with Crippen molar-refractivity contribution in [2.24, 2.45) is 11.7 Å².